The molecule has 0 aromatic heterocycles. The molecule has 0 amide bonds. The highest BCUT2D eigenvalue weighted by atomic mass is 16.5. The molecule has 0 spiro atoms. The standard InChI is InChI=1S/C14H21NO/c1-13(2,3)10-6-9(15)7-11-12(10)16-8-14(11,4)5/h6-7H,8,15H2,1-5H3. The predicted molar refractivity (Wildman–Crippen MR) is 68.1 cm³/mol. The molecule has 0 fully saturated rings. The van der Waals surface area contributed by atoms with Gasteiger partial charge in [-0.2, -0.15) is 0 Å². The number of ether oxygens (including phenoxy) is 1. The predicted octanol–water partition coefficient (Wildman–Crippen LogP) is 3.24. The molecule has 16 heavy (non-hydrogen) atoms. The molecule has 0 saturated carbocycles. The van der Waals surface area contributed by atoms with Crippen LogP contribution in [0.15, 0.2) is 12.1 Å². The number of fused-ring (bicyclic) bond motifs is 1. The monoisotopic (exact) mass is 219 g/mol. The van der Waals surface area contributed by atoms with Crippen LogP contribution in [0.4, 0.5) is 5.69 Å². The lowest BCUT2D eigenvalue weighted by atomic mass is 9.80. The zero-order valence-electron chi connectivity index (χ0n) is 10.8. The Bertz CT molecular complexity index is 427. The largest absolute Gasteiger partial charge is 0.492 e. The smallest absolute Gasteiger partial charge is 0.127 e. The highest BCUT2D eigenvalue weighted by Crippen LogP contribution is 2.45. The summed E-state index contributed by atoms with van der Waals surface area (Å²) in [4.78, 5) is 0. The zero-order valence-corrected chi connectivity index (χ0v) is 10.8. The van der Waals surface area contributed by atoms with Gasteiger partial charge in [0.25, 0.3) is 0 Å². The molecule has 88 valence electrons. The lowest BCUT2D eigenvalue weighted by molar-refractivity contribution is 0.286. The van der Waals surface area contributed by atoms with E-state index in [2.05, 4.69) is 40.7 Å². The molecular weight excluding hydrogens is 198 g/mol. The molecule has 2 nitrogen and oxygen atoms in total. The molecule has 0 bridgehead atoms. The van der Waals surface area contributed by atoms with Crippen LogP contribution >= 0.6 is 0 Å². The van der Waals surface area contributed by atoms with Crippen molar-refractivity contribution in [3.8, 4) is 5.75 Å². The summed E-state index contributed by atoms with van der Waals surface area (Å²) in [5, 5.41) is 0. The number of nitrogens with two attached hydrogens (primary N) is 1. The third-order valence-electron chi connectivity index (χ3n) is 3.23. The summed E-state index contributed by atoms with van der Waals surface area (Å²) in [6.45, 7) is 11.7. The molecule has 0 unspecified atom stereocenters. The van der Waals surface area contributed by atoms with Crippen molar-refractivity contribution in [3.63, 3.8) is 0 Å². The molecule has 0 radical (unpaired) electrons. The van der Waals surface area contributed by atoms with Gasteiger partial charge in [-0.15, -0.1) is 0 Å². The van der Waals surface area contributed by atoms with Crippen LogP contribution in [0, 0.1) is 0 Å². The van der Waals surface area contributed by atoms with Gasteiger partial charge in [0.05, 0.1) is 6.61 Å². The molecular formula is C14H21NO. The van der Waals surface area contributed by atoms with Crippen molar-refractivity contribution in [1.82, 2.24) is 0 Å². The Morgan fingerprint density at radius 1 is 1.25 bits per heavy atom. The highest BCUT2D eigenvalue weighted by molar-refractivity contribution is 5.59. The van der Waals surface area contributed by atoms with E-state index in [1.54, 1.807) is 0 Å². The van der Waals surface area contributed by atoms with E-state index in [1.165, 1.54) is 11.1 Å². The second kappa shape index (κ2) is 3.16. The fourth-order valence-electron chi connectivity index (χ4n) is 2.20. The van der Waals surface area contributed by atoms with E-state index in [4.69, 9.17) is 10.5 Å². The van der Waals surface area contributed by atoms with Gasteiger partial charge in [0.2, 0.25) is 0 Å². The van der Waals surface area contributed by atoms with Gasteiger partial charge in [-0.3, -0.25) is 0 Å². The van der Waals surface area contributed by atoms with Crippen LogP contribution in [0.1, 0.15) is 45.7 Å². The van der Waals surface area contributed by atoms with Crippen molar-refractivity contribution >= 4 is 5.69 Å². The number of benzene rings is 1. The van der Waals surface area contributed by atoms with Crippen LogP contribution in [-0.4, -0.2) is 6.61 Å². The Morgan fingerprint density at radius 3 is 2.44 bits per heavy atom. The average molecular weight is 219 g/mol. The van der Waals surface area contributed by atoms with Gasteiger partial charge >= 0.3 is 0 Å². The number of hydrogen-bond donors (Lipinski definition) is 1. The maximum atomic E-state index is 5.99. The van der Waals surface area contributed by atoms with Crippen LogP contribution in [0.5, 0.6) is 5.75 Å². The average Bonchev–Trinajstić information content (AvgIpc) is 2.40. The van der Waals surface area contributed by atoms with Crippen molar-refractivity contribution < 1.29 is 4.74 Å². The van der Waals surface area contributed by atoms with E-state index in [1.807, 2.05) is 6.07 Å². The fourth-order valence-corrected chi connectivity index (χ4v) is 2.20. The first-order valence-corrected chi connectivity index (χ1v) is 5.79. The first kappa shape index (κ1) is 11.3. The number of hydrogen-bond acceptors (Lipinski definition) is 2. The van der Waals surface area contributed by atoms with Crippen LogP contribution in [0.2, 0.25) is 0 Å². The third-order valence-corrected chi connectivity index (χ3v) is 3.23. The van der Waals surface area contributed by atoms with E-state index in [9.17, 15) is 0 Å². The fraction of sp³-hybridized carbons (Fsp3) is 0.571. The SMILES string of the molecule is CC(C)(C)c1cc(N)cc2c1OCC2(C)C. The van der Waals surface area contributed by atoms with Gasteiger partial charge in [-0.25, -0.2) is 0 Å². The lowest BCUT2D eigenvalue weighted by Gasteiger charge is -2.23. The second-order valence-corrected chi connectivity index (χ2v) is 6.37. The Labute approximate surface area is 97.8 Å². The number of anilines is 1. The maximum absolute atomic E-state index is 5.99. The minimum atomic E-state index is 0.0693. The molecule has 0 aliphatic carbocycles. The summed E-state index contributed by atoms with van der Waals surface area (Å²) in [5.74, 6) is 1.05. The lowest BCUT2D eigenvalue weighted by Crippen LogP contribution is -2.18. The third kappa shape index (κ3) is 1.66. The molecule has 2 rings (SSSR count). The van der Waals surface area contributed by atoms with Crippen LogP contribution < -0.4 is 10.5 Å². The number of nitrogen functional groups attached to an aromatic ring is 1. The van der Waals surface area contributed by atoms with Crippen LogP contribution in [-0.2, 0) is 10.8 Å². The van der Waals surface area contributed by atoms with E-state index in [0.717, 1.165) is 18.0 Å². The minimum Gasteiger partial charge on any atom is -0.492 e. The van der Waals surface area contributed by atoms with Crippen molar-refractivity contribution in [3.05, 3.63) is 23.3 Å². The summed E-state index contributed by atoms with van der Waals surface area (Å²) < 4.78 is 5.87. The summed E-state index contributed by atoms with van der Waals surface area (Å²) in [5.41, 5.74) is 9.44. The minimum absolute atomic E-state index is 0.0693. The molecule has 2 N–H and O–H groups in total. The second-order valence-electron chi connectivity index (χ2n) is 6.37. The first-order valence-electron chi connectivity index (χ1n) is 5.79. The summed E-state index contributed by atoms with van der Waals surface area (Å²) in [7, 11) is 0. The Kier molecular flexibility index (Phi) is 2.23. The molecule has 1 aliphatic rings. The topological polar surface area (TPSA) is 35.2 Å². The molecule has 2 heteroatoms. The van der Waals surface area contributed by atoms with E-state index in [-0.39, 0.29) is 10.8 Å². The quantitative estimate of drug-likeness (QED) is 0.680. The van der Waals surface area contributed by atoms with Crippen molar-refractivity contribution in [2.24, 2.45) is 0 Å². The molecule has 1 aromatic rings. The summed E-state index contributed by atoms with van der Waals surface area (Å²) >= 11 is 0. The Morgan fingerprint density at radius 2 is 1.88 bits per heavy atom. The van der Waals surface area contributed by atoms with Gasteiger partial charge < -0.3 is 10.5 Å². The van der Waals surface area contributed by atoms with Gasteiger partial charge in [-0.1, -0.05) is 34.6 Å². The number of rotatable bonds is 0. The van der Waals surface area contributed by atoms with E-state index >= 15 is 0 Å². The molecule has 1 heterocycles. The maximum Gasteiger partial charge on any atom is 0.127 e. The first-order chi connectivity index (χ1) is 7.22. The molecule has 0 saturated heterocycles. The van der Waals surface area contributed by atoms with Crippen molar-refractivity contribution in [2.45, 2.75) is 45.4 Å². The summed E-state index contributed by atoms with van der Waals surface area (Å²) in [6.07, 6.45) is 0. The van der Waals surface area contributed by atoms with Crippen LogP contribution in [0.25, 0.3) is 0 Å². The normalized spacial score (nSPS) is 18.1. The van der Waals surface area contributed by atoms with Gasteiger partial charge in [0.1, 0.15) is 5.75 Å². The Balaban J connectivity index is 2.67. The van der Waals surface area contributed by atoms with Crippen LogP contribution in [0.3, 0.4) is 0 Å². The Hall–Kier alpha value is -1.18. The van der Waals surface area contributed by atoms with E-state index in [0.29, 0.717) is 0 Å². The van der Waals surface area contributed by atoms with Gasteiger partial charge in [0.15, 0.2) is 0 Å². The van der Waals surface area contributed by atoms with Gasteiger partial charge in [-0.05, 0) is 17.5 Å². The highest BCUT2D eigenvalue weighted by Gasteiger charge is 2.35. The molecule has 1 aliphatic heterocycles. The summed E-state index contributed by atoms with van der Waals surface area (Å²) in [6, 6.07) is 4.10. The molecule has 1 aromatic carbocycles. The van der Waals surface area contributed by atoms with Gasteiger partial charge in [0, 0.05) is 22.2 Å². The molecule has 0 atom stereocenters. The van der Waals surface area contributed by atoms with Crippen molar-refractivity contribution in [2.75, 3.05) is 12.3 Å². The van der Waals surface area contributed by atoms with Crippen molar-refractivity contribution in [1.29, 1.82) is 0 Å². The zero-order chi connectivity index (χ0) is 12.1. The van der Waals surface area contributed by atoms with E-state index < -0.39 is 0 Å².